The predicted molar refractivity (Wildman–Crippen MR) is 124 cm³/mol. The number of amides is 1. The molecule has 1 unspecified atom stereocenters. The van der Waals surface area contributed by atoms with Gasteiger partial charge in [-0.25, -0.2) is 19.3 Å². The van der Waals surface area contributed by atoms with E-state index >= 15 is 0 Å². The van der Waals surface area contributed by atoms with Crippen LogP contribution in [0.15, 0.2) is 29.8 Å². The van der Waals surface area contributed by atoms with Gasteiger partial charge in [0.2, 0.25) is 0 Å². The van der Waals surface area contributed by atoms with Crippen molar-refractivity contribution in [2.24, 2.45) is 0 Å². The summed E-state index contributed by atoms with van der Waals surface area (Å²) in [6, 6.07) is 4.74. The lowest BCUT2D eigenvalue weighted by atomic mass is 10.2. The third-order valence-corrected chi connectivity index (χ3v) is 5.88. The number of carbonyl (C=O) groups is 1. The highest BCUT2D eigenvalue weighted by molar-refractivity contribution is 7.14. The zero-order valence-electron chi connectivity index (χ0n) is 17.1. The van der Waals surface area contributed by atoms with Gasteiger partial charge >= 0.3 is 17.3 Å². The number of nitro groups is 1. The predicted octanol–water partition coefficient (Wildman–Crippen LogP) is 5.53. The lowest BCUT2D eigenvalue weighted by Crippen LogP contribution is -2.50. The molecule has 2 N–H and O–H groups in total. The molecule has 34 heavy (non-hydrogen) atoms. The van der Waals surface area contributed by atoms with Crippen LogP contribution in [0.5, 0.6) is 0 Å². The molecule has 0 aliphatic heterocycles. The summed E-state index contributed by atoms with van der Waals surface area (Å²) in [6.45, 7) is 1.07. The van der Waals surface area contributed by atoms with Crippen LogP contribution in [0, 0.1) is 17.0 Å². The molecule has 182 valence electrons. The van der Waals surface area contributed by atoms with Crippen LogP contribution in [0.1, 0.15) is 5.82 Å². The highest BCUT2D eigenvalue weighted by Crippen LogP contribution is 2.33. The third-order valence-electron chi connectivity index (χ3n) is 4.34. The number of carbonyl (C=O) groups excluding carboxylic acids is 1. The number of nitrogens with one attached hydrogen (secondary N) is 2. The molecule has 0 aliphatic rings. The van der Waals surface area contributed by atoms with Gasteiger partial charge in [0.25, 0.3) is 0 Å². The Hall–Kier alpha value is -2.74. The van der Waals surface area contributed by atoms with E-state index in [1.165, 1.54) is 17.6 Å². The van der Waals surface area contributed by atoms with Gasteiger partial charge in [0.05, 0.1) is 10.7 Å². The van der Waals surface area contributed by atoms with E-state index in [-0.39, 0.29) is 24.1 Å². The fraction of sp³-hybridized carbons (Fsp3) is 0.278. The number of thiazole rings is 1. The molecule has 0 bridgehead atoms. The van der Waals surface area contributed by atoms with Crippen LogP contribution in [0.2, 0.25) is 10.0 Å². The van der Waals surface area contributed by atoms with Crippen LogP contribution in [0.3, 0.4) is 0 Å². The average Bonchev–Trinajstić information content (AvgIpc) is 3.34. The fourth-order valence-electron chi connectivity index (χ4n) is 2.75. The molecule has 0 spiro atoms. The molecule has 0 radical (unpaired) electrons. The van der Waals surface area contributed by atoms with E-state index in [1.807, 2.05) is 5.32 Å². The number of imidazole rings is 1. The Morgan fingerprint density at radius 1 is 1.41 bits per heavy atom. The number of ether oxygens (including phenoxy) is 1. The molecule has 10 nitrogen and oxygen atoms in total. The van der Waals surface area contributed by atoms with Crippen LogP contribution in [0.4, 0.5) is 24.5 Å². The van der Waals surface area contributed by atoms with Crippen LogP contribution in [-0.2, 0) is 11.3 Å². The van der Waals surface area contributed by atoms with Crippen molar-refractivity contribution < 1.29 is 23.2 Å². The van der Waals surface area contributed by atoms with E-state index < -0.39 is 22.6 Å². The zero-order chi connectivity index (χ0) is 25.0. The first-order chi connectivity index (χ1) is 16.0. The Balaban J connectivity index is 1.62. The Bertz CT molecular complexity index is 1200. The molecule has 2 aromatic heterocycles. The largest absolute Gasteiger partial charge is 0.445 e. The molecule has 2 heterocycles. The second-order valence-corrected chi connectivity index (χ2v) is 8.84. The number of benzene rings is 1. The molecule has 0 saturated heterocycles. The summed E-state index contributed by atoms with van der Waals surface area (Å²) in [5.74, 6) is 0.0246. The molecule has 0 saturated carbocycles. The van der Waals surface area contributed by atoms with Crippen molar-refractivity contribution in [3.63, 3.8) is 0 Å². The maximum atomic E-state index is 13.9. The van der Waals surface area contributed by atoms with Gasteiger partial charge < -0.3 is 20.2 Å². The number of hydrogen-bond donors (Lipinski definition) is 2. The first-order valence-corrected chi connectivity index (χ1v) is 11.3. The zero-order valence-corrected chi connectivity index (χ0v) is 20.2. The molecule has 0 aliphatic carbocycles. The van der Waals surface area contributed by atoms with E-state index in [9.17, 15) is 23.7 Å². The summed E-state index contributed by atoms with van der Waals surface area (Å²) < 4.78 is 33.9. The number of rotatable bonds is 9. The van der Waals surface area contributed by atoms with Crippen molar-refractivity contribution in [1.82, 2.24) is 19.9 Å². The number of nitrogens with zero attached hydrogens (tertiary/aromatic N) is 4. The topological polar surface area (TPSA) is 124 Å². The lowest BCUT2D eigenvalue weighted by Gasteiger charge is -2.23. The molecule has 3 aromatic rings. The number of alkyl halides is 3. The standard InChI is InChI=1S/C18H15Cl3F2N6O4S/c1-9-24-7-14(29(31)32)28(9)4-5-33-17(30)27-15(18(21,22)23)26-16-25-13(8-34-16)11-3-2-10(19)6-12(11)20/h2-3,6-8,15H,4-5H2,1H3,(H,25,26)(H,27,30). The molecule has 0 fully saturated rings. The average molecular weight is 556 g/mol. The Kier molecular flexibility index (Phi) is 8.13. The number of halogens is 5. The van der Waals surface area contributed by atoms with Crippen molar-refractivity contribution in [1.29, 1.82) is 0 Å². The van der Waals surface area contributed by atoms with E-state index in [1.54, 1.807) is 17.5 Å². The summed E-state index contributed by atoms with van der Waals surface area (Å²) in [7, 11) is 0. The van der Waals surface area contributed by atoms with Crippen molar-refractivity contribution in [2.45, 2.75) is 25.0 Å². The Morgan fingerprint density at radius 3 is 2.79 bits per heavy atom. The van der Waals surface area contributed by atoms with E-state index in [0.717, 1.165) is 17.5 Å². The Labute approximate surface area is 210 Å². The lowest BCUT2D eigenvalue weighted by molar-refractivity contribution is -0.392. The Morgan fingerprint density at radius 2 is 2.15 bits per heavy atom. The number of hydrogen-bond acceptors (Lipinski definition) is 8. The minimum Gasteiger partial charge on any atom is -0.445 e. The van der Waals surface area contributed by atoms with E-state index in [4.69, 9.17) is 39.5 Å². The fourth-order valence-corrected chi connectivity index (χ4v) is 4.11. The first kappa shape index (κ1) is 25.9. The van der Waals surface area contributed by atoms with Gasteiger partial charge in [-0.15, -0.1) is 11.3 Å². The summed E-state index contributed by atoms with van der Waals surface area (Å²) in [5.41, 5.74) is 0.923. The first-order valence-electron chi connectivity index (χ1n) is 9.29. The van der Waals surface area contributed by atoms with E-state index in [0.29, 0.717) is 27.1 Å². The van der Waals surface area contributed by atoms with Gasteiger partial charge in [-0.05, 0) is 34.7 Å². The van der Waals surface area contributed by atoms with Crippen LogP contribution < -0.4 is 10.6 Å². The van der Waals surface area contributed by atoms with E-state index in [2.05, 4.69) is 15.3 Å². The third kappa shape index (κ3) is 6.44. The molecular formula is C18H15Cl3F2N6O4S. The summed E-state index contributed by atoms with van der Waals surface area (Å²) >= 11 is 18.1. The van der Waals surface area contributed by atoms with Crippen molar-refractivity contribution in [2.75, 3.05) is 11.9 Å². The van der Waals surface area contributed by atoms with Gasteiger partial charge in [0, 0.05) is 22.9 Å². The van der Waals surface area contributed by atoms with Gasteiger partial charge in [-0.1, -0.05) is 23.2 Å². The molecule has 1 amide bonds. The minimum atomic E-state index is -3.91. The van der Waals surface area contributed by atoms with Gasteiger partial charge in [0.15, 0.2) is 17.1 Å². The second kappa shape index (κ2) is 10.7. The van der Waals surface area contributed by atoms with Crippen LogP contribution in [0.25, 0.3) is 11.3 Å². The number of aryl methyl sites for hydroxylation is 1. The SMILES string of the molecule is Cc1ncc([N+](=O)[O-])n1CCOC(=O)NC(Nc1nc(-c2ccc(Cl)cc2Cl)cs1)C(F)(F)Cl. The molecule has 1 aromatic carbocycles. The smallest absolute Gasteiger partial charge is 0.409 e. The van der Waals surface area contributed by atoms with Gasteiger partial charge in [-0.3, -0.25) is 5.32 Å². The maximum Gasteiger partial charge on any atom is 0.409 e. The maximum absolute atomic E-state index is 13.9. The number of anilines is 1. The molecular weight excluding hydrogens is 541 g/mol. The minimum absolute atomic E-state index is 0.0244. The number of alkyl carbamates (subject to hydrolysis) is 1. The van der Waals surface area contributed by atoms with Crippen LogP contribution in [-0.4, -0.2) is 43.7 Å². The summed E-state index contributed by atoms with van der Waals surface area (Å²) in [6.07, 6.45) is -2.25. The molecule has 16 heteroatoms. The van der Waals surface area contributed by atoms with Crippen molar-refractivity contribution in [3.8, 4) is 11.3 Å². The highest BCUT2D eigenvalue weighted by atomic mass is 35.5. The monoisotopic (exact) mass is 554 g/mol. The number of aromatic nitrogens is 3. The van der Waals surface area contributed by atoms with Crippen molar-refractivity contribution >= 4 is 63.2 Å². The summed E-state index contributed by atoms with van der Waals surface area (Å²) in [5, 5.41) is 13.7. The van der Waals surface area contributed by atoms with Crippen LogP contribution >= 0.6 is 46.1 Å². The second-order valence-electron chi connectivity index (χ2n) is 6.63. The van der Waals surface area contributed by atoms with Gasteiger partial charge in [-0.2, -0.15) is 8.78 Å². The normalized spacial score (nSPS) is 12.3. The molecule has 3 rings (SSSR count). The quantitative estimate of drug-likeness (QED) is 0.154. The molecule has 1 atom stereocenters. The van der Waals surface area contributed by atoms with Crippen molar-refractivity contribution in [3.05, 3.63) is 55.8 Å². The highest BCUT2D eigenvalue weighted by Gasteiger charge is 2.39. The summed E-state index contributed by atoms with van der Waals surface area (Å²) in [4.78, 5) is 30.4. The van der Waals surface area contributed by atoms with Gasteiger partial charge in [0.1, 0.15) is 19.3 Å².